The van der Waals surface area contributed by atoms with E-state index in [1.165, 1.54) is 9.40 Å². The number of hydrogen-bond donors (Lipinski definition) is 1. The van der Waals surface area contributed by atoms with Gasteiger partial charge in [-0.3, -0.25) is 4.98 Å². The molecule has 2 aromatic heterocycles. The quantitative estimate of drug-likeness (QED) is 0.566. The monoisotopic (exact) mass is 200 g/mol. The van der Waals surface area contributed by atoms with Gasteiger partial charge in [-0.25, -0.2) is 0 Å². The predicted octanol–water partition coefficient (Wildman–Crippen LogP) is 3.03. The van der Waals surface area contributed by atoms with Crippen molar-refractivity contribution in [3.8, 4) is 0 Å². The number of hydrogen-bond acceptors (Lipinski definition) is 3. The van der Waals surface area contributed by atoms with E-state index in [0.717, 1.165) is 16.6 Å². The van der Waals surface area contributed by atoms with Crippen LogP contribution in [0.4, 0.5) is 5.69 Å². The van der Waals surface area contributed by atoms with Gasteiger partial charge in [0.1, 0.15) is 0 Å². The normalized spacial score (nSPS) is 11.1. The van der Waals surface area contributed by atoms with Gasteiger partial charge < -0.3 is 5.73 Å². The second-order valence-electron chi connectivity index (χ2n) is 3.21. The van der Waals surface area contributed by atoms with Crippen molar-refractivity contribution >= 4 is 37.3 Å². The summed E-state index contributed by atoms with van der Waals surface area (Å²) in [5.41, 5.74) is 7.60. The van der Waals surface area contributed by atoms with Crippen LogP contribution >= 0.6 is 11.3 Å². The van der Waals surface area contributed by atoms with E-state index in [1.54, 1.807) is 11.3 Å². The number of rotatable bonds is 0. The lowest BCUT2D eigenvalue weighted by Crippen LogP contribution is -1.81. The number of anilines is 1. The lowest BCUT2D eigenvalue weighted by Gasteiger charge is -1.92. The zero-order valence-electron chi connectivity index (χ0n) is 7.40. The summed E-state index contributed by atoms with van der Waals surface area (Å²) >= 11 is 1.75. The Labute approximate surface area is 85.0 Å². The molecule has 3 heteroatoms. The average molecular weight is 200 g/mol. The minimum Gasteiger partial charge on any atom is -0.399 e. The lowest BCUT2D eigenvalue weighted by atomic mass is 10.2. The van der Waals surface area contributed by atoms with Crippen LogP contribution in [0.1, 0.15) is 0 Å². The number of nitrogens with zero attached hydrogens (tertiary/aromatic N) is 1. The molecule has 3 rings (SSSR count). The summed E-state index contributed by atoms with van der Waals surface area (Å²) in [6.07, 6.45) is 1.82. The molecular formula is C11H8N2S. The van der Waals surface area contributed by atoms with Gasteiger partial charge in [-0.2, -0.15) is 0 Å². The maximum atomic E-state index is 5.75. The van der Waals surface area contributed by atoms with Crippen LogP contribution < -0.4 is 5.73 Å². The van der Waals surface area contributed by atoms with Gasteiger partial charge in [-0.05, 0) is 30.3 Å². The maximum Gasteiger partial charge on any atom is 0.0889 e. The first kappa shape index (κ1) is 7.76. The molecule has 3 aromatic rings. The number of pyridine rings is 1. The summed E-state index contributed by atoms with van der Waals surface area (Å²) < 4.78 is 2.46. The minimum atomic E-state index is 0.794. The summed E-state index contributed by atoms with van der Waals surface area (Å²) in [7, 11) is 0. The molecule has 0 aliphatic heterocycles. The Bertz CT molecular complexity index is 613. The van der Waals surface area contributed by atoms with Gasteiger partial charge in [0.25, 0.3) is 0 Å². The summed E-state index contributed by atoms with van der Waals surface area (Å²) in [5, 5.41) is 1.16. The summed E-state index contributed by atoms with van der Waals surface area (Å²) in [4.78, 5) is 4.37. The third-order valence-corrected chi connectivity index (χ3v) is 3.37. The standard InChI is InChI=1S/C11H8N2S/c12-7-3-4-9-8(6-7)11-10(14-9)2-1-5-13-11/h1-6H,12H2. The van der Waals surface area contributed by atoms with E-state index in [-0.39, 0.29) is 0 Å². The number of nitrogen functional groups attached to an aromatic ring is 1. The van der Waals surface area contributed by atoms with Crippen molar-refractivity contribution in [2.75, 3.05) is 5.73 Å². The van der Waals surface area contributed by atoms with Crippen molar-refractivity contribution in [2.45, 2.75) is 0 Å². The molecule has 0 saturated carbocycles. The Hall–Kier alpha value is -1.61. The van der Waals surface area contributed by atoms with Crippen LogP contribution in [-0.2, 0) is 0 Å². The fourth-order valence-corrected chi connectivity index (χ4v) is 2.66. The maximum absolute atomic E-state index is 5.75. The molecular weight excluding hydrogens is 192 g/mol. The van der Waals surface area contributed by atoms with E-state index < -0.39 is 0 Å². The first-order valence-electron chi connectivity index (χ1n) is 4.37. The van der Waals surface area contributed by atoms with Crippen LogP contribution in [0, 0.1) is 0 Å². The van der Waals surface area contributed by atoms with E-state index in [1.807, 2.05) is 24.4 Å². The van der Waals surface area contributed by atoms with E-state index in [2.05, 4.69) is 17.1 Å². The van der Waals surface area contributed by atoms with E-state index >= 15 is 0 Å². The average Bonchev–Trinajstić information content (AvgIpc) is 2.56. The first-order chi connectivity index (χ1) is 6.84. The number of benzene rings is 1. The van der Waals surface area contributed by atoms with Gasteiger partial charge >= 0.3 is 0 Å². The topological polar surface area (TPSA) is 38.9 Å². The summed E-state index contributed by atoms with van der Waals surface area (Å²) in [6, 6.07) is 10.0. The van der Waals surface area contributed by atoms with Gasteiger partial charge in [0.2, 0.25) is 0 Å². The van der Waals surface area contributed by atoms with Crippen LogP contribution in [0.3, 0.4) is 0 Å². The molecule has 14 heavy (non-hydrogen) atoms. The van der Waals surface area contributed by atoms with Crippen molar-refractivity contribution in [3.63, 3.8) is 0 Å². The highest BCUT2D eigenvalue weighted by molar-refractivity contribution is 7.25. The highest BCUT2D eigenvalue weighted by atomic mass is 32.1. The zero-order valence-corrected chi connectivity index (χ0v) is 8.21. The Morgan fingerprint density at radius 1 is 1.14 bits per heavy atom. The highest BCUT2D eigenvalue weighted by Gasteiger charge is 2.04. The van der Waals surface area contributed by atoms with Crippen molar-refractivity contribution < 1.29 is 0 Å². The molecule has 2 nitrogen and oxygen atoms in total. The second-order valence-corrected chi connectivity index (χ2v) is 4.29. The fourth-order valence-electron chi connectivity index (χ4n) is 1.62. The van der Waals surface area contributed by atoms with Crippen LogP contribution in [0.2, 0.25) is 0 Å². The number of aromatic nitrogens is 1. The van der Waals surface area contributed by atoms with E-state index in [9.17, 15) is 0 Å². The molecule has 0 saturated heterocycles. The molecule has 2 N–H and O–H groups in total. The zero-order chi connectivity index (χ0) is 9.54. The molecule has 0 aliphatic carbocycles. The van der Waals surface area contributed by atoms with E-state index in [0.29, 0.717) is 0 Å². The van der Waals surface area contributed by atoms with Gasteiger partial charge in [-0.15, -0.1) is 11.3 Å². The molecule has 0 unspecified atom stereocenters. The van der Waals surface area contributed by atoms with Crippen LogP contribution in [0.25, 0.3) is 20.3 Å². The molecule has 68 valence electrons. The smallest absolute Gasteiger partial charge is 0.0889 e. The number of fused-ring (bicyclic) bond motifs is 3. The van der Waals surface area contributed by atoms with E-state index in [4.69, 9.17) is 5.73 Å². The molecule has 0 bridgehead atoms. The highest BCUT2D eigenvalue weighted by Crippen LogP contribution is 2.32. The van der Waals surface area contributed by atoms with Crippen LogP contribution in [0.15, 0.2) is 36.5 Å². The van der Waals surface area contributed by atoms with Crippen LogP contribution in [-0.4, -0.2) is 4.98 Å². The number of thiophene rings is 1. The minimum absolute atomic E-state index is 0.794. The number of nitrogens with two attached hydrogens (primary N) is 1. The van der Waals surface area contributed by atoms with Gasteiger partial charge in [0.05, 0.1) is 10.2 Å². The second kappa shape index (κ2) is 2.69. The third kappa shape index (κ3) is 0.992. The molecule has 0 radical (unpaired) electrons. The first-order valence-corrected chi connectivity index (χ1v) is 5.19. The molecule has 2 heterocycles. The van der Waals surface area contributed by atoms with Gasteiger partial charge in [0, 0.05) is 22.0 Å². The van der Waals surface area contributed by atoms with Crippen LogP contribution in [0.5, 0.6) is 0 Å². The lowest BCUT2D eigenvalue weighted by molar-refractivity contribution is 1.44. The third-order valence-electron chi connectivity index (χ3n) is 2.25. The van der Waals surface area contributed by atoms with Crippen molar-refractivity contribution in [2.24, 2.45) is 0 Å². The molecule has 0 spiro atoms. The van der Waals surface area contributed by atoms with Crippen molar-refractivity contribution in [3.05, 3.63) is 36.5 Å². The summed E-state index contributed by atoms with van der Waals surface area (Å²) in [6.45, 7) is 0. The Morgan fingerprint density at radius 2 is 2.07 bits per heavy atom. The van der Waals surface area contributed by atoms with Crippen molar-refractivity contribution in [1.82, 2.24) is 4.98 Å². The van der Waals surface area contributed by atoms with Gasteiger partial charge in [0.15, 0.2) is 0 Å². The molecule has 0 atom stereocenters. The molecule has 0 amide bonds. The Morgan fingerprint density at radius 3 is 3.00 bits per heavy atom. The fraction of sp³-hybridized carbons (Fsp3) is 0. The SMILES string of the molecule is Nc1ccc2sc3cccnc3c2c1. The van der Waals surface area contributed by atoms with Crippen molar-refractivity contribution in [1.29, 1.82) is 0 Å². The molecule has 1 aromatic carbocycles. The molecule has 0 aliphatic rings. The Balaban J connectivity index is 2.58. The Kier molecular flexibility index (Phi) is 1.49. The predicted molar refractivity (Wildman–Crippen MR) is 61.5 cm³/mol. The summed E-state index contributed by atoms with van der Waals surface area (Å²) in [5.74, 6) is 0. The van der Waals surface area contributed by atoms with Gasteiger partial charge in [-0.1, -0.05) is 0 Å². The largest absolute Gasteiger partial charge is 0.399 e. The molecule has 0 fully saturated rings.